The molecule has 28 heavy (non-hydrogen) atoms. The van der Waals surface area contributed by atoms with E-state index in [1.165, 1.54) is 5.56 Å². The van der Waals surface area contributed by atoms with Crippen LogP contribution in [-0.4, -0.2) is 18.4 Å². The monoisotopic (exact) mass is 378 g/mol. The molecule has 4 heteroatoms. The van der Waals surface area contributed by atoms with Crippen LogP contribution in [0.25, 0.3) is 0 Å². The van der Waals surface area contributed by atoms with E-state index < -0.39 is 0 Å². The highest BCUT2D eigenvalue weighted by Crippen LogP contribution is 2.34. The van der Waals surface area contributed by atoms with Gasteiger partial charge in [0.05, 0.1) is 5.92 Å². The van der Waals surface area contributed by atoms with Crippen molar-refractivity contribution in [3.63, 3.8) is 0 Å². The molecular weight excluding hydrogens is 348 g/mol. The van der Waals surface area contributed by atoms with Crippen LogP contribution in [0, 0.1) is 12.8 Å². The summed E-state index contributed by atoms with van der Waals surface area (Å²) in [5.41, 5.74) is 5.18. The first-order chi connectivity index (χ1) is 13.5. The van der Waals surface area contributed by atoms with Crippen molar-refractivity contribution < 1.29 is 9.59 Å². The number of carbonyl (C=O) groups is 2. The third kappa shape index (κ3) is 3.96. The Hall–Kier alpha value is -2.62. The quantitative estimate of drug-likeness (QED) is 0.763. The molecule has 0 bridgehead atoms. The molecule has 3 rings (SSSR count). The van der Waals surface area contributed by atoms with Crippen molar-refractivity contribution in [2.24, 2.45) is 5.92 Å². The number of nitrogens with zero attached hydrogens (tertiary/aromatic N) is 1. The largest absolute Gasteiger partial charge is 0.325 e. The molecule has 0 aromatic heterocycles. The van der Waals surface area contributed by atoms with Gasteiger partial charge in [-0.05, 0) is 48.4 Å². The molecule has 2 aromatic rings. The van der Waals surface area contributed by atoms with E-state index in [0.29, 0.717) is 12.5 Å². The molecule has 1 saturated heterocycles. The highest BCUT2D eigenvalue weighted by molar-refractivity contribution is 6.04. The molecule has 1 N–H and O–H groups in total. The van der Waals surface area contributed by atoms with E-state index in [4.69, 9.17) is 0 Å². The van der Waals surface area contributed by atoms with Crippen molar-refractivity contribution >= 4 is 23.2 Å². The topological polar surface area (TPSA) is 49.4 Å². The minimum atomic E-state index is -0.332. The predicted octanol–water partition coefficient (Wildman–Crippen LogP) is 5.06. The first kappa shape index (κ1) is 20.1. The summed E-state index contributed by atoms with van der Waals surface area (Å²) in [6.45, 7) is 8.84. The summed E-state index contributed by atoms with van der Waals surface area (Å²) >= 11 is 0. The van der Waals surface area contributed by atoms with Crippen LogP contribution in [0.1, 0.15) is 56.2 Å². The van der Waals surface area contributed by atoms with Crippen molar-refractivity contribution in [3.8, 4) is 0 Å². The van der Waals surface area contributed by atoms with Gasteiger partial charge in [-0.25, -0.2) is 0 Å². The smallest absolute Gasteiger partial charge is 0.229 e. The highest BCUT2D eigenvalue weighted by atomic mass is 16.2. The van der Waals surface area contributed by atoms with E-state index in [1.54, 1.807) is 4.90 Å². The highest BCUT2D eigenvalue weighted by Gasteiger charge is 2.36. The van der Waals surface area contributed by atoms with Gasteiger partial charge in [0.25, 0.3) is 0 Å². The van der Waals surface area contributed by atoms with Crippen LogP contribution in [0.5, 0.6) is 0 Å². The van der Waals surface area contributed by atoms with Gasteiger partial charge in [-0.3, -0.25) is 9.59 Å². The standard InChI is InChI=1S/C24H30N2O2/c1-5-16(3)20-12-7-8-13-21(20)26-15-19(14-22(26)27)24(28)25-23-17(4)10-9-11-18(23)6-2/h7-13,16,19H,5-6,14-15H2,1-4H3,(H,25,28)/t16-,19-/m1/s1. The Bertz CT molecular complexity index is 875. The Morgan fingerprint density at radius 2 is 1.93 bits per heavy atom. The van der Waals surface area contributed by atoms with Crippen molar-refractivity contribution in [1.82, 2.24) is 0 Å². The first-order valence-electron chi connectivity index (χ1n) is 10.2. The molecule has 1 aliphatic rings. The van der Waals surface area contributed by atoms with Crippen LogP contribution < -0.4 is 10.2 Å². The molecule has 148 valence electrons. The Balaban J connectivity index is 1.80. The van der Waals surface area contributed by atoms with Gasteiger partial charge in [-0.2, -0.15) is 0 Å². The van der Waals surface area contributed by atoms with E-state index in [0.717, 1.165) is 35.3 Å². The molecule has 2 amide bonds. The third-order valence-corrected chi connectivity index (χ3v) is 5.85. The zero-order valence-corrected chi connectivity index (χ0v) is 17.3. The van der Waals surface area contributed by atoms with Crippen LogP contribution in [0.3, 0.4) is 0 Å². The van der Waals surface area contributed by atoms with E-state index in [-0.39, 0.29) is 24.2 Å². The summed E-state index contributed by atoms with van der Waals surface area (Å²) in [5, 5.41) is 3.09. The van der Waals surface area contributed by atoms with E-state index in [2.05, 4.69) is 32.2 Å². The summed E-state index contributed by atoms with van der Waals surface area (Å²) in [6, 6.07) is 14.1. The minimum absolute atomic E-state index is 0.0244. The molecule has 4 nitrogen and oxygen atoms in total. The molecule has 0 radical (unpaired) electrons. The molecule has 0 aliphatic carbocycles. The lowest BCUT2D eigenvalue weighted by molar-refractivity contribution is -0.122. The molecule has 0 unspecified atom stereocenters. The molecule has 1 aliphatic heterocycles. The summed E-state index contributed by atoms with van der Waals surface area (Å²) in [5.74, 6) is -0.00460. The Morgan fingerprint density at radius 1 is 1.18 bits per heavy atom. The maximum absolute atomic E-state index is 12.9. The number of aryl methyl sites for hydroxylation is 2. The van der Waals surface area contributed by atoms with Crippen LogP contribution in [0.2, 0.25) is 0 Å². The minimum Gasteiger partial charge on any atom is -0.325 e. The fourth-order valence-corrected chi connectivity index (χ4v) is 3.91. The van der Waals surface area contributed by atoms with E-state index >= 15 is 0 Å². The summed E-state index contributed by atoms with van der Waals surface area (Å²) in [6.07, 6.45) is 2.12. The van der Waals surface area contributed by atoms with Crippen LogP contribution in [-0.2, 0) is 16.0 Å². The summed E-state index contributed by atoms with van der Waals surface area (Å²) < 4.78 is 0. The summed E-state index contributed by atoms with van der Waals surface area (Å²) in [4.78, 5) is 27.5. The lowest BCUT2D eigenvalue weighted by Crippen LogP contribution is -2.29. The maximum Gasteiger partial charge on any atom is 0.229 e. The Labute approximate surface area is 167 Å². The fourth-order valence-electron chi connectivity index (χ4n) is 3.91. The number of nitrogens with one attached hydrogen (secondary N) is 1. The van der Waals surface area contributed by atoms with Gasteiger partial charge >= 0.3 is 0 Å². The third-order valence-electron chi connectivity index (χ3n) is 5.85. The predicted molar refractivity (Wildman–Crippen MR) is 115 cm³/mol. The van der Waals surface area contributed by atoms with Crippen LogP contribution in [0.15, 0.2) is 42.5 Å². The van der Waals surface area contributed by atoms with Gasteiger partial charge in [0.15, 0.2) is 0 Å². The second-order valence-corrected chi connectivity index (χ2v) is 7.73. The molecule has 0 spiro atoms. The lowest BCUT2D eigenvalue weighted by Gasteiger charge is -2.23. The SMILES string of the molecule is CCc1cccc(C)c1NC(=O)[C@@H]1CC(=O)N(c2ccccc2[C@H](C)CC)C1. The number of benzene rings is 2. The van der Waals surface area contributed by atoms with E-state index in [9.17, 15) is 9.59 Å². The molecule has 0 saturated carbocycles. The van der Waals surface area contributed by atoms with Gasteiger partial charge in [0.2, 0.25) is 11.8 Å². The van der Waals surface area contributed by atoms with Gasteiger partial charge < -0.3 is 10.2 Å². The van der Waals surface area contributed by atoms with Gasteiger partial charge in [0, 0.05) is 24.3 Å². The fraction of sp³-hybridized carbons (Fsp3) is 0.417. The van der Waals surface area contributed by atoms with Crippen molar-refractivity contribution in [3.05, 3.63) is 59.2 Å². The maximum atomic E-state index is 12.9. The molecule has 1 heterocycles. The number of anilines is 2. The van der Waals surface area contributed by atoms with Gasteiger partial charge in [-0.1, -0.05) is 57.2 Å². The normalized spacial score (nSPS) is 17.6. The van der Waals surface area contributed by atoms with Gasteiger partial charge in [-0.15, -0.1) is 0 Å². The average molecular weight is 379 g/mol. The van der Waals surface area contributed by atoms with Crippen LogP contribution in [0.4, 0.5) is 11.4 Å². The van der Waals surface area contributed by atoms with E-state index in [1.807, 2.05) is 43.3 Å². The van der Waals surface area contributed by atoms with Crippen molar-refractivity contribution in [2.75, 3.05) is 16.8 Å². The molecule has 1 fully saturated rings. The second-order valence-electron chi connectivity index (χ2n) is 7.73. The zero-order valence-electron chi connectivity index (χ0n) is 17.3. The number of rotatable bonds is 6. The average Bonchev–Trinajstić information content (AvgIpc) is 3.10. The Morgan fingerprint density at radius 3 is 2.64 bits per heavy atom. The van der Waals surface area contributed by atoms with Crippen molar-refractivity contribution in [1.29, 1.82) is 0 Å². The Kier molecular flexibility index (Phi) is 6.18. The zero-order chi connectivity index (χ0) is 20.3. The lowest BCUT2D eigenvalue weighted by atomic mass is 9.96. The number of amides is 2. The number of hydrogen-bond donors (Lipinski definition) is 1. The van der Waals surface area contributed by atoms with Crippen LogP contribution >= 0.6 is 0 Å². The number of carbonyl (C=O) groups excluding carboxylic acids is 2. The molecular formula is C24H30N2O2. The second kappa shape index (κ2) is 8.59. The number of hydrogen-bond acceptors (Lipinski definition) is 2. The first-order valence-corrected chi connectivity index (χ1v) is 10.2. The molecule has 2 aromatic carbocycles. The summed E-state index contributed by atoms with van der Waals surface area (Å²) in [7, 11) is 0. The molecule has 2 atom stereocenters. The van der Waals surface area contributed by atoms with Gasteiger partial charge in [0.1, 0.15) is 0 Å². The van der Waals surface area contributed by atoms with Crippen molar-refractivity contribution in [2.45, 2.75) is 52.9 Å². The number of para-hydroxylation sites is 2.